The predicted molar refractivity (Wildman–Crippen MR) is 84.7 cm³/mol. The molecule has 0 bridgehead atoms. The van der Waals surface area contributed by atoms with Crippen LogP contribution in [-0.4, -0.2) is 24.9 Å². The van der Waals surface area contributed by atoms with Gasteiger partial charge in [-0.2, -0.15) is 9.46 Å². The van der Waals surface area contributed by atoms with Crippen LogP contribution < -0.4 is 20.1 Å². The predicted octanol–water partition coefficient (Wildman–Crippen LogP) is -0.107. The van der Waals surface area contributed by atoms with E-state index in [0.29, 0.717) is 46.5 Å². The van der Waals surface area contributed by atoms with Crippen molar-refractivity contribution in [3.8, 4) is 0 Å². The van der Waals surface area contributed by atoms with Crippen molar-refractivity contribution in [3.63, 3.8) is 0 Å². The molecule has 0 fully saturated rings. The molecule has 0 unspecified atom stereocenters. The third-order valence-electron chi connectivity index (χ3n) is 3.25. The zero-order valence-electron chi connectivity index (χ0n) is 13.0. The quantitative estimate of drug-likeness (QED) is 0.419. The number of hydrogen-bond acceptors (Lipinski definition) is 4. The fourth-order valence-electron chi connectivity index (χ4n) is 2.04. The van der Waals surface area contributed by atoms with Gasteiger partial charge in [0.2, 0.25) is 0 Å². The molecule has 126 valence electrons. The Morgan fingerprint density at radius 1 is 0.833 bits per heavy atom. The molecule has 8 nitrogen and oxygen atoms in total. The molecule has 2 aromatic rings. The maximum Gasteiger partial charge on any atom is 0.257 e. The third kappa shape index (κ3) is 5.24. The van der Waals surface area contributed by atoms with Gasteiger partial charge in [0.05, 0.1) is 0 Å². The Labute approximate surface area is 138 Å². The van der Waals surface area contributed by atoms with Crippen molar-refractivity contribution in [1.82, 2.24) is 10.6 Å². The number of nitrogens with one attached hydrogen (secondary N) is 2. The number of aromatic nitrogens is 2. The van der Waals surface area contributed by atoms with E-state index in [2.05, 4.69) is 10.6 Å². The fraction of sp³-hybridized carbons (Fsp3) is 0.250. The second-order valence-corrected chi connectivity index (χ2v) is 5.12. The Hall–Kier alpha value is -3.16. The Kier molecular flexibility index (Phi) is 6.07. The van der Waals surface area contributed by atoms with Gasteiger partial charge in [-0.15, -0.1) is 0 Å². The van der Waals surface area contributed by atoms with Crippen molar-refractivity contribution >= 4 is 11.8 Å². The van der Waals surface area contributed by atoms with E-state index in [1.165, 1.54) is 36.9 Å². The summed E-state index contributed by atoms with van der Waals surface area (Å²) in [5, 5.41) is 27.6. The number of unbranched alkanes of at least 4 members (excludes halogenated alkanes) is 1. The van der Waals surface area contributed by atoms with Crippen molar-refractivity contribution in [2.45, 2.75) is 12.8 Å². The van der Waals surface area contributed by atoms with Gasteiger partial charge in [-0.3, -0.25) is 9.59 Å². The molecule has 2 heterocycles. The monoisotopic (exact) mass is 330 g/mol. The molecule has 24 heavy (non-hydrogen) atoms. The Balaban J connectivity index is 1.63. The van der Waals surface area contributed by atoms with Crippen LogP contribution in [0.15, 0.2) is 49.1 Å². The van der Waals surface area contributed by atoms with E-state index in [1.807, 2.05) is 0 Å². The highest BCUT2D eigenvalue weighted by Crippen LogP contribution is 1.96. The van der Waals surface area contributed by atoms with Crippen LogP contribution in [0.1, 0.15) is 33.6 Å². The molecule has 0 radical (unpaired) electrons. The molecule has 2 amide bonds. The van der Waals surface area contributed by atoms with E-state index in [0.717, 1.165) is 0 Å². The first-order chi connectivity index (χ1) is 11.6. The summed E-state index contributed by atoms with van der Waals surface area (Å²) < 4.78 is 1.14. The second kappa shape index (κ2) is 8.47. The second-order valence-electron chi connectivity index (χ2n) is 5.12. The lowest BCUT2D eigenvalue weighted by Crippen LogP contribution is -2.31. The molecule has 0 aliphatic heterocycles. The van der Waals surface area contributed by atoms with Gasteiger partial charge in [0.25, 0.3) is 11.8 Å². The van der Waals surface area contributed by atoms with Gasteiger partial charge in [0.1, 0.15) is 11.1 Å². The van der Waals surface area contributed by atoms with Gasteiger partial charge < -0.3 is 21.0 Å². The summed E-state index contributed by atoms with van der Waals surface area (Å²) in [6.07, 6.45) is 6.37. The lowest BCUT2D eigenvalue weighted by molar-refractivity contribution is -0.605. The molecule has 2 aromatic heterocycles. The first-order valence-corrected chi connectivity index (χ1v) is 7.50. The lowest BCUT2D eigenvalue weighted by atomic mass is 10.2. The van der Waals surface area contributed by atoms with Crippen LogP contribution in [0.5, 0.6) is 0 Å². The number of carbonyl (C=O) groups excluding carboxylic acids is 2. The molecule has 8 heteroatoms. The van der Waals surface area contributed by atoms with E-state index in [9.17, 15) is 20.0 Å². The maximum atomic E-state index is 11.8. The minimum absolute atomic E-state index is 0.302. The first-order valence-electron chi connectivity index (χ1n) is 7.50. The molecule has 0 saturated heterocycles. The fourth-order valence-corrected chi connectivity index (χ4v) is 2.04. The number of pyridine rings is 2. The van der Waals surface area contributed by atoms with Crippen molar-refractivity contribution in [3.05, 3.63) is 70.6 Å². The van der Waals surface area contributed by atoms with Crippen LogP contribution >= 0.6 is 0 Å². The SMILES string of the molecule is O=C(NCCCCNC(=O)c1ccc[n+]([O-])c1)c1ccc[n+]([O-])c1. The number of amides is 2. The summed E-state index contributed by atoms with van der Waals surface area (Å²) in [6, 6.07) is 6.14. The lowest BCUT2D eigenvalue weighted by Gasteiger charge is -2.06. The van der Waals surface area contributed by atoms with Gasteiger partial charge in [-0.1, -0.05) is 0 Å². The van der Waals surface area contributed by atoms with E-state index in [-0.39, 0.29) is 11.8 Å². The molecular formula is C16H18N4O4. The van der Waals surface area contributed by atoms with Crippen LogP contribution in [0, 0.1) is 10.4 Å². The highest BCUT2D eigenvalue weighted by Gasteiger charge is 2.09. The number of rotatable bonds is 7. The van der Waals surface area contributed by atoms with Crippen molar-refractivity contribution in [2.24, 2.45) is 0 Å². The van der Waals surface area contributed by atoms with Gasteiger partial charge in [-0.05, 0) is 25.0 Å². The van der Waals surface area contributed by atoms with E-state index < -0.39 is 0 Å². The first kappa shape index (κ1) is 17.2. The third-order valence-corrected chi connectivity index (χ3v) is 3.25. The summed E-state index contributed by atoms with van der Waals surface area (Å²) in [5.74, 6) is -0.623. The van der Waals surface area contributed by atoms with Gasteiger partial charge in [-0.25, -0.2) is 0 Å². The largest absolute Gasteiger partial charge is 0.619 e. The van der Waals surface area contributed by atoms with Gasteiger partial charge >= 0.3 is 0 Å². The normalized spacial score (nSPS) is 10.2. The van der Waals surface area contributed by atoms with Crippen LogP contribution in [0.2, 0.25) is 0 Å². The Morgan fingerprint density at radius 2 is 1.25 bits per heavy atom. The van der Waals surface area contributed by atoms with Crippen LogP contribution in [-0.2, 0) is 0 Å². The topological polar surface area (TPSA) is 112 Å². The molecule has 0 aromatic carbocycles. The van der Waals surface area contributed by atoms with Gasteiger partial charge in [0, 0.05) is 25.2 Å². The van der Waals surface area contributed by atoms with E-state index in [1.54, 1.807) is 12.1 Å². The minimum atomic E-state index is -0.312. The summed E-state index contributed by atoms with van der Waals surface area (Å²) in [7, 11) is 0. The molecule has 0 aliphatic carbocycles. The Morgan fingerprint density at radius 3 is 1.62 bits per heavy atom. The summed E-state index contributed by atoms with van der Waals surface area (Å²) in [5.41, 5.74) is 0.603. The summed E-state index contributed by atoms with van der Waals surface area (Å²) in [6.45, 7) is 0.878. The number of hydrogen-bond donors (Lipinski definition) is 2. The standard InChI is InChI=1S/C16H18N4O4/c21-15(13-5-3-9-19(23)11-13)17-7-1-2-8-18-16(22)14-6-4-10-20(24)12-14/h3-6,9-12H,1-2,7-8H2,(H,17,21)(H,18,22). The van der Waals surface area contributed by atoms with E-state index in [4.69, 9.17) is 0 Å². The minimum Gasteiger partial charge on any atom is -0.619 e. The molecule has 0 atom stereocenters. The average Bonchev–Trinajstić information content (AvgIpc) is 2.57. The highest BCUT2D eigenvalue weighted by atomic mass is 16.5. The van der Waals surface area contributed by atoms with Crippen molar-refractivity contribution in [1.29, 1.82) is 0 Å². The van der Waals surface area contributed by atoms with Gasteiger partial charge in [0.15, 0.2) is 24.8 Å². The zero-order valence-corrected chi connectivity index (χ0v) is 13.0. The highest BCUT2D eigenvalue weighted by molar-refractivity contribution is 5.94. The van der Waals surface area contributed by atoms with Crippen LogP contribution in [0.3, 0.4) is 0 Å². The molecular weight excluding hydrogens is 312 g/mol. The average molecular weight is 330 g/mol. The Bertz CT molecular complexity index is 659. The molecule has 2 N–H and O–H groups in total. The van der Waals surface area contributed by atoms with Crippen molar-refractivity contribution < 1.29 is 19.0 Å². The number of nitrogens with zero attached hydrogens (tertiary/aromatic N) is 2. The summed E-state index contributed by atoms with van der Waals surface area (Å²) >= 11 is 0. The molecule has 0 spiro atoms. The molecule has 0 saturated carbocycles. The zero-order chi connectivity index (χ0) is 17.4. The van der Waals surface area contributed by atoms with E-state index >= 15 is 0 Å². The van der Waals surface area contributed by atoms with Crippen molar-refractivity contribution in [2.75, 3.05) is 13.1 Å². The van der Waals surface area contributed by atoms with Crippen LogP contribution in [0.25, 0.3) is 0 Å². The maximum absolute atomic E-state index is 11.8. The summed E-state index contributed by atoms with van der Waals surface area (Å²) in [4.78, 5) is 23.6. The smallest absolute Gasteiger partial charge is 0.257 e. The molecule has 0 aliphatic rings. The molecule has 2 rings (SSSR count). The van der Waals surface area contributed by atoms with Crippen LogP contribution in [0.4, 0.5) is 0 Å². The number of carbonyl (C=O) groups is 2.